The Bertz CT molecular complexity index is 464. The van der Waals surface area contributed by atoms with Crippen LogP contribution < -0.4 is 4.90 Å². The summed E-state index contributed by atoms with van der Waals surface area (Å²) in [5.74, 6) is -0.0685. The molecule has 6 heteroatoms. The molecule has 1 atom stereocenters. The Balaban J connectivity index is 1.74. The summed E-state index contributed by atoms with van der Waals surface area (Å²) < 4.78 is 0. The van der Waals surface area contributed by atoms with Gasteiger partial charge in [-0.3, -0.25) is 9.69 Å². The third-order valence-electron chi connectivity index (χ3n) is 3.97. The van der Waals surface area contributed by atoms with Crippen LogP contribution in [-0.2, 0) is 0 Å². The van der Waals surface area contributed by atoms with Gasteiger partial charge in [0, 0.05) is 31.1 Å². The first kappa shape index (κ1) is 13.3. The maximum Gasteiger partial charge on any atom is 0.196 e. The number of carbonyl (C=O) groups is 1. The zero-order valence-corrected chi connectivity index (χ0v) is 12.4. The van der Waals surface area contributed by atoms with Crippen molar-refractivity contribution in [2.45, 2.75) is 25.3 Å². The highest BCUT2D eigenvalue weighted by atomic mass is 35.5. The van der Waals surface area contributed by atoms with Crippen molar-refractivity contribution in [1.82, 2.24) is 9.88 Å². The van der Waals surface area contributed by atoms with Gasteiger partial charge in [0.25, 0.3) is 0 Å². The number of halogens is 1. The second kappa shape index (κ2) is 5.77. The monoisotopic (exact) mass is 299 g/mol. The largest absolute Gasteiger partial charge is 0.346 e. The molecule has 0 radical (unpaired) electrons. The number of ketones is 1. The fraction of sp³-hybridized carbons (Fsp3) is 0.692. The number of nitrogens with zero attached hydrogens (tertiary/aromatic N) is 3. The van der Waals surface area contributed by atoms with Crippen molar-refractivity contribution < 1.29 is 4.79 Å². The van der Waals surface area contributed by atoms with Gasteiger partial charge >= 0.3 is 0 Å². The van der Waals surface area contributed by atoms with Crippen molar-refractivity contribution >= 4 is 33.9 Å². The van der Waals surface area contributed by atoms with Gasteiger partial charge in [-0.05, 0) is 25.8 Å². The number of rotatable bonds is 3. The molecular formula is C13H18ClN3OS. The van der Waals surface area contributed by atoms with Crippen LogP contribution in [0, 0.1) is 0 Å². The van der Waals surface area contributed by atoms with E-state index in [9.17, 15) is 4.79 Å². The number of Topliss-reactive ketones (excluding diaryl/α,β-unsaturated/α-hetero) is 1. The van der Waals surface area contributed by atoms with E-state index in [2.05, 4.69) is 14.8 Å². The lowest BCUT2D eigenvalue weighted by molar-refractivity contribution is 0.101. The molecule has 1 aromatic heterocycles. The first-order valence-corrected chi connectivity index (χ1v) is 8.23. The molecule has 104 valence electrons. The molecule has 2 fully saturated rings. The summed E-state index contributed by atoms with van der Waals surface area (Å²) >= 11 is 7.14. The Morgan fingerprint density at radius 3 is 3.11 bits per heavy atom. The average molecular weight is 300 g/mol. The lowest BCUT2D eigenvalue weighted by atomic mass is 10.2. The van der Waals surface area contributed by atoms with E-state index in [4.69, 9.17) is 11.6 Å². The molecule has 0 saturated carbocycles. The second-order valence-corrected chi connectivity index (χ2v) is 6.31. The van der Waals surface area contributed by atoms with Gasteiger partial charge in [0.1, 0.15) is 5.69 Å². The van der Waals surface area contributed by atoms with Gasteiger partial charge in [-0.1, -0.05) is 0 Å². The van der Waals surface area contributed by atoms with Crippen LogP contribution in [0.15, 0.2) is 5.38 Å². The fourth-order valence-electron chi connectivity index (χ4n) is 2.99. The summed E-state index contributed by atoms with van der Waals surface area (Å²) in [6, 6.07) is 0.665. The molecule has 1 unspecified atom stereocenters. The first-order chi connectivity index (χ1) is 9.28. The molecule has 1 aromatic rings. The molecule has 3 heterocycles. The van der Waals surface area contributed by atoms with Crippen molar-refractivity contribution in [1.29, 1.82) is 0 Å². The Morgan fingerprint density at radius 2 is 2.26 bits per heavy atom. The summed E-state index contributed by atoms with van der Waals surface area (Å²) in [4.78, 5) is 20.9. The Morgan fingerprint density at radius 1 is 1.42 bits per heavy atom. The normalized spacial score (nSPS) is 24.3. The van der Waals surface area contributed by atoms with Gasteiger partial charge in [0.05, 0.1) is 5.88 Å². The molecule has 19 heavy (non-hydrogen) atoms. The van der Waals surface area contributed by atoms with Crippen LogP contribution in [0.25, 0.3) is 0 Å². The predicted molar refractivity (Wildman–Crippen MR) is 78.6 cm³/mol. The smallest absolute Gasteiger partial charge is 0.196 e. The number of thiazole rings is 1. The second-order valence-electron chi connectivity index (χ2n) is 5.20. The SMILES string of the molecule is O=C(CCl)c1csc(N2CCCN3CCCC3C2)n1. The minimum absolute atomic E-state index is 0.0135. The Kier molecular flexibility index (Phi) is 4.05. The van der Waals surface area contributed by atoms with Crippen molar-refractivity contribution in [3.8, 4) is 0 Å². The minimum Gasteiger partial charge on any atom is -0.346 e. The molecule has 4 nitrogen and oxygen atoms in total. The quantitative estimate of drug-likeness (QED) is 0.633. The van der Waals surface area contributed by atoms with E-state index >= 15 is 0 Å². The number of hydrogen-bond acceptors (Lipinski definition) is 5. The first-order valence-electron chi connectivity index (χ1n) is 6.81. The van der Waals surface area contributed by atoms with Gasteiger partial charge < -0.3 is 4.90 Å². The van der Waals surface area contributed by atoms with Gasteiger partial charge in [0.15, 0.2) is 10.9 Å². The van der Waals surface area contributed by atoms with E-state index in [0.717, 1.165) is 18.2 Å². The van der Waals surface area contributed by atoms with Crippen molar-refractivity contribution in [3.63, 3.8) is 0 Å². The Labute approximate surface area is 122 Å². The fourth-order valence-corrected chi connectivity index (χ4v) is 3.99. The predicted octanol–water partition coefficient (Wildman–Crippen LogP) is 2.24. The summed E-state index contributed by atoms with van der Waals surface area (Å²) in [7, 11) is 0. The summed E-state index contributed by atoms with van der Waals surface area (Å²) in [5.41, 5.74) is 0.516. The number of fused-ring (bicyclic) bond motifs is 1. The van der Waals surface area contributed by atoms with E-state index in [-0.39, 0.29) is 11.7 Å². The van der Waals surface area contributed by atoms with Gasteiger partial charge in [-0.15, -0.1) is 22.9 Å². The van der Waals surface area contributed by atoms with E-state index in [0.29, 0.717) is 11.7 Å². The third-order valence-corrected chi connectivity index (χ3v) is 5.12. The average Bonchev–Trinajstić information content (AvgIpc) is 3.03. The molecular weight excluding hydrogens is 282 g/mol. The van der Waals surface area contributed by atoms with E-state index in [1.807, 2.05) is 5.38 Å². The van der Waals surface area contributed by atoms with Crippen molar-refractivity contribution in [2.24, 2.45) is 0 Å². The number of aromatic nitrogens is 1. The van der Waals surface area contributed by atoms with Crippen LogP contribution in [0.3, 0.4) is 0 Å². The third kappa shape index (κ3) is 2.78. The van der Waals surface area contributed by atoms with Gasteiger partial charge in [-0.2, -0.15) is 0 Å². The molecule has 2 saturated heterocycles. The van der Waals surface area contributed by atoms with Crippen molar-refractivity contribution in [2.75, 3.05) is 37.0 Å². The molecule has 0 aliphatic carbocycles. The van der Waals surface area contributed by atoms with E-state index in [1.54, 1.807) is 11.3 Å². The summed E-state index contributed by atoms with van der Waals surface area (Å²) in [6.07, 6.45) is 3.77. The van der Waals surface area contributed by atoms with Crippen LogP contribution in [0.4, 0.5) is 5.13 Å². The Hall–Kier alpha value is -0.650. The molecule has 0 amide bonds. The molecule has 2 aliphatic heterocycles. The topological polar surface area (TPSA) is 36.4 Å². The molecule has 0 aromatic carbocycles. The highest BCUT2D eigenvalue weighted by Crippen LogP contribution is 2.27. The van der Waals surface area contributed by atoms with Gasteiger partial charge in [-0.25, -0.2) is 4.98 Å². The maximum atomic E-state index is 11.5. The number of anilines is 1. The highest BCUT2D eigenvalue weighted by Gasteiger charge is 2.29. The van der Waals surface area contributed by atoms with Crippen LogP contribution in [-0.4, -0.2) is 53.8 Å². The number of carbonyl (C=O) groups excluding carboxylic acids is 1. The van der Waals surface area contributed by atoms with E-state index < -0.39 is 0 Å². The number of hydrogen-bond donors (Lipinski definition) is 0. The standard InChI is InChI=1S/C13H18ClN3OS/c14-7-12(18)11-9-19-13(15-11)17-6-2-5-16-4-1-3-10(16)8-17/h9-10H,1-8H2. The maximum absolute atomic E-state index is 11.5. The van der Waals surface area contributed by atoms with Crippen LogP contribution in [0.1, 0.15) is 29.8 Å². The summed E-state index contributed by atoms with van der Waals surface area (Å²) in [6.45, 7) is 4.52. The summed E-state index contributed by atoms with van der Waals surface area (Å²) in [5, 5.41) is 2.80. The zero-order chi connectivity index (χ0) is 13.2. The molecule has 0 N–H and O–H groups in total. The van der Waals surface area contributed by atoms with Crippen molar-refractivity contribution in [3.05, 3.63) is 11.1 Å². The van der Waals surface area contributed by atoms with Crippen LogP contribution in [0.2, 0.25) is 0 Å². The van der Waals surface area contributed by atoms with E-state index in [1.165, 1.54) is 32.4 Å². The molecule has 0 spiro atoms. The molecule has 2 aliphatic rings. The number of alkyl halides is 1. The van der Waals surface area contributed by atoms with Crippen LogP contribution >= 0.6 is 22.9 Å². The highest BCUT2D eigenvalue weighted by molar-refractivity contribution is 7.14. The minimum atomic E-state index is -0.0820. The molecule has 0 bridgehead atoms. The van der Waals surface area contributed by atoms with Crippen LogP contribution in [0.5, 0.6) is 0 Å². The van der Waals surface area contributed by atoms with Gasteiger partial charge in [0.2, 0.25) is 0 Å². The zero-order valence-electron chi connectivity index (χ0n) is 10.8. The molecule has 3 rings (SSSR count). The lowest BCUT2D eigenvalue weighted by Crippen LogP contribution is -2.36. The lowest BCUT2D eigenvalue weighted by Gasteiger charge is -2.25.